The van der Waals surface area contributed by atoms with E-state index >= 15 is 0 Å². The molecule has 2 aromatic rings. The van der Waals surface area contributed by atoms with Gasteiger partial charge in [0.1, 0.15) is 11.3 Å². The highest BCUT2D eigenvalue weighted by Gasteiger charge is 2.41. The fraction of sp³-hybridized carbons (Fsp3) is 0.348. The van der Waals surface area contributed by atoms with Crippen LogP contribution in [0.4, 0.5) is 0 Å². The number of methoxy groups -OCH3 is 1. The minimum atomic E-state index is -1.18. The number of carbonyl (C=O) groups excluding carboxylic acids is 2. The van der Waals surface area contributed by atoms with Crippen molar-refractivity contribution in [3.63, 3.8) is 0 Å². The van der Waals surface area contributed by atoms with Gasteiger partial charge in [0.05, 0.1) is 32.1 Å². The van der Waals surface area contributed by atoms with E-state index in [1.54, 1.807) is 43.2 Å². The van der Waals surface area contributed by atoms with Gasteiger partial charge in [-0.1, -0.05) is 11.6 Å². The first-order valence-corrected chi connectivity index (χ1v) is 10.2. The zero-order valence-electron chi connectivity index (χ0n) is 17.0. The van der Waals surface area contributed by atoms with Crippen LogP contribution in [0, 0.1) is 0 Å². The molecule has 1 unspecified atom stereocenters. The monoisotopic (exact) mass is 426 g/mol. The van der Waals surface area contributed by atoms with Crippen LogP contribution in [0.2, 0.25) is 5.02 Å². The number of ether oxygens (including phenoxy) is 2. The lowest BCUT2D eigenvalue weighted by atomic mass is 9.83. The number of carbonyl (C=O) groups is 2. The molecule has 1 amide bonds. The number of ketones is 1. The molecule has 2 heterocycles. The number of halogens is 1. The summed E-state index contributed by atoms with van der Waals surface area (Å²) in [5.74, 6) is 0.455. The number of amides is 1. The normalized spacial score (nSPS) is 20.5. The van der Waals surface area contributed by atoms with Gasteiger partial charge in [-0.05, 0) is 55.0 Å². The van der Waals surface area contributed by atoms with E-state index in [0.717, 1.165) is 5.22 Å². The zero-order valence-corrected chi connectivity index (χ0v) is 17.7. The van der Waals surface area contributed by atoms with Crippen molar-refractivity contribution in [3.8, 4) is 5.75 Å². The summed E-state index contributed by atoms with van der Waals surface area (Å²) in [5, 5.41) is 2.02. The molecule has 7 heteroatoms. The van der Waals surface area contributed by atoms with E-state index in [1.165, 1.54) is 0 Å². The molecule has 0 bridgehead atoms. The van der Waals surface area contributed by atoms with Crippen LogP contribution < -0.4 is 15.3 Å². The molecule has 2 aromatic carbocycles. The van der Waals surface area contributed by atoms with Crippen molar-refractivity contribution in [3.05, 3.63) is 63.6 Å². The maximum absolute atomic E-state index is 13.5. The number of morpholine rings is 1. The van der Waals surface area contributed by atoms with Crippen molar-refractivity contribution in [2.45, 2.75) is 18.9 Å². The van der Waals surface area contributed by atoms with E-state index in [4.69, 9.17) is 26.1 Å². The van der Waals surface area contributed by atoms with Gasteiger partial charge in [-0.15, -0.1) is 0 Å². The van der Waals surface area contributed by atoms with Crippen LogP contribution in [0.1, 0.15) is 23.7 Å². The van der Waals surface area contributed by atoms with Crippen molar-refractivity contribution in [1.82, 2.24) is 4.90 Å². The fourth-order valence-electron chi connectivity index (χ4n) is 3.97. The molecule has 4 rings (SSSR count). The second kappa shape index (κ2) is 8.20. The molecule has 156 valence electrons. The highest BCUT2D eigenvalue weighted by atomic mass is 35.5. The molecule has 2 aliphatic rings. The zero-order chi connectivity index (χ0) is 21.3. The van der Waals surface area contributed by atoms with Gasteiger partial charge < -0.3 is 14.4 Å². The maximum Gasteiger partial charge on any atom is 0.226 e. The van der Waals surface area contributed by atoms with E-state index in [1.807, 2.05) is 18.2 Å². The van der Waals surface area contributed by atoms with Gasteiger partial charge in [0.25, 0.3) is 0 Å². The van der Waals surface area contributed by atoms with Crippen LogP contribution in [-0.4, -0.2) is 55.5 Å². The van der Waals surface area contributed by atoms with Crippen LogP contribution >= 0.6 is 11.6 Å². The Bertz CT molecular complexity index is 1110. The predicted molar refractivity (Wildman–Crippen MR) is 113 cm³/mol. The van der Waals surface area contributed by atoms with Crippen molar-refractivity contribution >= 4 is 28.9 Å². The minimum Gasteiger partial charge on any atom is -0.497 e. The number of nitrogens with zero attached hydrogens (tertiary/aromatic N) is 2. The summed E-state index contributed by atoms with van der Waals surface area (Å²) in [6.07, 6.45) is 0.111. The van der Waals surface area contributed by atoms with Gasteiger partial charge >= 0.3 is 0 Å². The highest BCUT2D eigenvalue weighted by molar-refractivity contribution is 6.30. The Labute approximate surface area is 179 Å². The van der Waals surface area contributed by atoms with Crippen LogP contribution in [-0.2, 0) is 9.53 Å². The molecular formula is C23H23ClN2O4. The lowest BCUT2D eigenvalue weighted by Gasteiger charge is -2.29. The van der Waals surface area contributed by atoms with Gasteiger partial charge in [0, 0.05) is 28.9 Å². The smallest absolute Gasteiger partial charge is 0.226 e. The van der Waals surface area contributed by atoms with Crippen molar-refractivity contribution in [2.24, 2.45) is 4.99 Å². The van der Waals surface area contributed by atoms with Crippen molar-refractivity contribution in [2.75, 3.05) is 33.4 Å². The third kappa shape index (κ3) is 3.73. The average molecular weight is 427 g/mol. The van der Waals surface area contributed by atoms with Crippen LogP contribution in [0.25, 0.3) is 5.57 Å². The average Bonchev–Trinajstić information content (AvgIpc) is 3.06. The van der Waals surface area contributed by atoms with Crippen LogP contribution in [0.15, 0.2) is 47.5 Å². The Morgan fingerprint density at radius 2 is 1.87 bits per heavy atom. The summed E-state index contributed by atoms with van der Waals surface area (Å²) < 4.78 is 10.7. The number of hydrogen-bond donors (Lipinski definition) is 0. The standard InChI is InChI=1S/C23H23ClN2O4/c1-23(22(28)15-3-5-16(24)6-4-15)19(14-21(27)26-9-11-30-12-10-26)18-13-17(29-2)7-8-20(18)25-23/h3-8,13H,9-12,14H2,1-2H3. The SMILES string of the molecule is COc1ccc2c(c1)=C(CC(=O)N1CCOCC1)C(C)(C(=O)c1ccc(Cl)cc1)N=2. The summed E-state index contributed by atoms with van der Waals surface area (Å²) in [7, 11) is 1.59. The first kappa shape index (κ1) is 20.6. The minimum absolute atomic E-state index is 0.0331. The molecule has 0 N–H and O–H groups in total. The van der Waals surface area contributed by atoms with E-state index in [2.05, 4.69) is 0 Å². The molecule has 6 nitrogen and oxygen atoms in total. The summed E-state index contributed by atoms with van der Waals surface area (Å²) in [4.78, 5) is 33.1. The quantitative estimate of drug-likeness (QED) is 0.686. The lowest BCUT2D eigenvalue weighted by molar-refractivity contribution is -0.134. The molecule has 30 heavy (non-hydrogen) atoms. The van der Waals surface area contributed by atoms with Gasteiger partial charge in [-0.3, -0.25) is 14.6 Å². The second-order valence-corrected chi connectivity index (χ2v) is 7.99. The Balaban J connectivity index is 1.78. The number of fused-ring (bicyclic) bond motifs is 1. The molecular weight excluding hydrogens is 404 g/mol. The summed E-state index contributed by atoms with van der Waals surface area (Å²) in [6.45, 7) is 3.93. The Hall–Kier alpha value is -2.70. The molecule has 2 aliphatic heterocycles. The number of Topliss-reactive ketones (excluding diaryl/α,β-unsaturated/α-hetero) is 1. The molecule has 0 aromatic heterocycles. The maximum atomic E-state index is 13.5. The largest absolute Gasteiger partial charge is 0.497 e. The van der Waals surface area contributed by atoms with E-state index in [9.17, 15) is 9.59 Å². The molecule has 0 saturated carbocycles. The summed E-state index contributed by atoms with van der Waals surface area (Å²) in [5.41, 5.74) is 0.0133. The van der Waals surface area contributed by atoms with Gasteiger partial charge in [-0.2, -0.15) is 0 Å². The Morgan fingerprint density at radius 1 is 1.17 bits per heavy atom. The van der Waals surface area contributed by atoms with E-state index < -0.39 is 5.54 Å². The second-order valence-electron chi connectivity index (χ2n) is 7.55. The lowest BCUT2D eigenvalue weighted by Crippen LogP contribution is -2.43. The van der Waals surface area contributed by atoms with Gasteiger partial charge in [0.15, 0.2) is 5.78 Å². The summed E-state index contributed by atoms with van der Waals surface area (Å²) in [6, 6.07) is 12.2. The number of hydrogen-bond acceptors (Lipinski definition) is 5. The molecule has 0 radical (unpaired) electrons. The molecule has 1 atom stereocenters. The topological polar surface area (TPSA) is 68.2 Å². The van der Waals surface area contributed by atoms with Gasteiger partial charge in [0.2, 0.25) is 5.91 Å². The Kier molecular flexibility index (Phi) is 5.62. The van der Waals surface area contributed by atoms with E-state index in [0.29, 0.717) is 53.6 Å². The molecule has 0 spiro atoms. The summed E-state index contributed by atoms with van der Waals surface area (Å²) >= 11 is 5.99. The predicted octanol–water partition coefficient (Wildman–Crippen LogP) is 2.02. The highest BCUT2D eigenvalue weighted by Crippen LogP contribution is 2.32. The molecule has 0 aliphatic carbocycles. The van der Waals surface area contributed by atoms with Crippen LogP contribution in [0.5, 0.6) is 5.75 Å². The molecule has 1 saturated heterocycles. The number of rotatable bonds is 5. The first-order chi connectivity index (χ1) is 14.4. The van der Waals surface area contributed by atoms with Gasteiger partial charge in [-0.25, -0.2) is 0 Å². The molecule has 1 fully saturated rings. The fourth-order valence-corrected chi connectivity index (χ4v) is 4.09. The van der Waals surface area contributed by atoms with Crippen LogP contribution in [0.3, 0.4) is 0 Å². The van der Waals surface area contributed by atoms with E-state index in [-0.39, 0.29) is 18.1 Å². The first-order valence-electron chi connectivity index (χ1n) is 9.86. The Morgan fingerprint density at radius 3 is 2.53 bits per heavy atom. The third-order valence-corrected chi connectivity index (χ3v) is 5.95. The third-order valence-electron chi connectivity index (χ3n) is 5.70. The van der Waals surface area contributed by atoms with Crippen molar-refractivity contribution in [1.29, 1.82) is 0 Å². The van der Waals surface area contributed by atoms with Crippen molar-refractivity contribution < 1.29 is 19.1 Å². The number of benzene rings is 2.